The molecule has 0 amide bonds. The maximum Gasteiger partial charge on any atom is 0.240 e. The van der Waals surface area contributed by atoms with E-state index in [2.05, 4.69) is 20.0 Å². The van der Waals surface area contributed by atoms with E-state index in [1.807, 2.05) is 0 Å². The van der Waals surface area contributed by atoms with E-state index in [0.717, 1.165) is 0 Å². The average Bonchev–Trinajstić information content (AvgIpc) is 3.29. The van der Waals surface area contributed by atoms with Gasteiger partial charge in [-0.2, -0.15) is 4.52 Å². The number of methoxy groups -OCH3 is 3. The van der Waals surface area contributed by atoms with E-state index in [1.54, 1.807) is 56.7 Å². The van der Waals surface area contributed by atoms with E-state index in [9.17, 15) is 8.42 Å². The summed E-state index contributed by atoms with van der Waals surface area (Å²) in [5, 5.41) is 12.8. The van der Waals surface area contributed by atoms with Crippen molar-refractivity contribution in [3.63, 3.8) is 0 Å². The first-order valence-electron chi connectivity index (χ1n) is 10.2. The summed E-state index contributed by atoms with van der Waals surface area (Å²) in [5.74, 6) is 2.51. The van der Waals surface area contributed by atoms with Gasteiger partial charge in [-0.3, -0.25) is 0 Å². The molecule has 0 saturated carbocycles. The Bertz CT molecular complexity index is 1390. The summed E-state index contributed by atoms with van der Waals surface area (Å²) < 4.78 is 50.3. The number of aromatic nitrogens is 4. The first-order chi connectivity index (χ1) is 16.4. The van der Waals surface area contributed by atoms with Crippen molar-refractivity contribution in [3.8, 4) is 34.5 Å². The molecule has 0 atom stereocenters. The fourth-order valence-electron chi connectivity index (χ4n) is 3.17. The third-order valence-electron chi connectivity index (χ3n) is 4.90. The molecule has 0 bridgehead atoms. The summed E-state index contributed by atoms with van der Waals surface area (Å²) in [4.78, 5) is 0.135. The van der Waals surface area contributed by atoms with Crippen molar-refractivity contribution in [1.29, 1.82) is 0 Å². The first-order valence-corrected chi connectivity index (χ1v) is 11.6. The van der Waals surface area contributed by atoms with E-state index in [0.29, 0.717) is 34.3 Å². The van der Waals surface area contributed by atoms with Crippen LogP contribution in [0.5, 0.6) is 23.1 Å². The van der Waals surface area contributed by atoms with Gasteiger partial charge in [0.1, 0.15) is 23.9 Å². The monoisotopic (exact) mass is 485 g/mol. The minimum atomic E-state index is -3.68. The summed E-state index contributed by atoms with van der Waals surface area (Å²) in [6.07, 6.45) is 0. The lowest BCUT2D eigenvalue weighted by Gasteiger charge is -2.10. The first kappa shape index (κ1) is 23.3. The number of hydrogen-bond donors (Lipinski definition) is 1. The molecule has 12 heteroatoms. The Morgan fingerprint density at radius 1 is 0.882 bits per heavy atom. The fourth-order valence-corrected chi connectivity index (χ4v) is 4.18. The Morgan fingerprint density at radius 2 is 1.62 bits per heavy atom. The maximum absolute atomic E-state index is 12.4. The molecule has 4 aromatic rings. The summed E-state index contributed by atoms with van der Waals surface area (Å²) in [6.45, 7) is 0.118. The second kappa shape index (κ2) is 9.93. The Morgan fingerprint density at radius 3 is 2.32 bits per heavy atom. The lowest BCUT2D eigenvalue weighted by atomic mass is 10.2. The molecule has 0 aliphatic carbocycles. The quantitative estimate of drug-likeness (QED) is 0.336. The van der Waals surface area contributed by atoms with Crippen LogP contribution in [0.15, 0.2) is 59.5 Å². The molecule has 0 saturated heterocycles. The van der Waals surface area contributed by atoms with E-state index in [-0.39, 0.29) is 23.9 Å². The molecule has 0 fully saturated rings. The Labute approximate surface area is 196 Å². The minimum absolute atomic E-state index is 0.0510. The zero-order valence-electron chi connectivity index (χ0n) is 18.8. The number of sulfonamides is 1. The molecule has 2 aromatic heterocycles. The van der Waals surface area contributed by atoms with Crippen LogP contribution in [0.2, 0.25) is 0 Å². The highest BCUT2D eigenvalue weighted by atomic mass is 32.2. The molecule has 0 radical (unpaired) electrons. The maximum atomic E-state index is 12.4. The Hall–Kier alpha value is -3.90. The predicted octanol–water partition coefficient (Wildman–Crippen LogP) is 2.17. The van der Waals surface area contributed by atoms with Gasteiger partial charge in [-0.05, 0) is 42.5 Å². The number of rotatable bonds is 10. The van der Waals surface area contributed by atoms with Crippen LogP contribution in [0.1, 0.15) is 0 Å². The second-order valence-electron chi connectivity index (χ2n) is 6.95. The molecular formula is C22H23N5O6S. The van der Waals surface area contributed by atoms with Gasteiger partial charge in [-0.15, -0.1) is 15.3 Å². The summed E-state index contributed by atoms with van der Waals surface area (Å²) >= 11 is 0. The molecule has 0 aliphatic rings. The lowest BCUT2D eigenvalue weighted by Crippen LogP contribution is -2.28. The molecule has 2 aromatic carbocycles. The van der Waals surface area contributed by atoms with E-state index in [4.69, 9.17) is 18.9 Å². The van der Waals surface area contributed by atoms with Crippen LogP contribution in [-0.2, 0) is 10.0 Å². The average molecular weight is 486 g/mol. The van der Waals surface area contributed by atoms with Gasteiger partial charge in [0, 0.05) is 18.7 Å². The van der Waals surface area contributed by atoms with Gasteiger partial charge in [-0.25, -0.2) is 13.1 Å². The molecule has 34 heavy (non-hydrogen) atoms. The number of benzene rings is 2. The standard InChI is InChI=1S/C22H23N5O6S/c1-30-15-4-7-17(8-5-15)34(28,29)23-12-13-33-21-11-10-20-24-25-22(27(20)26-21)18-9-6-16(31-2)14-19(18)32-3/h4-11,14,23H,12-13H2,1-3H3. The molecule has 4 rings (SSSR count). The third-order valence-corrected chi connectivity index (χ3v) is 6.38. The predicted molar refractivity (Wildman–Crippen MR) is 123 cm³/mol. The van der Waals surface area contributed by atoms with Crippen molar-refractivity contribution < 1.29 is 27.4 Å². The van der Waals surface area contributed by atoms with Gasteiger partial charge in [0.05, 0.1) is 31.8 Å². The molecule has 2 heterocycles. The SMILES string of the molecule is COc1ccc(S(=O)(=O)NCCOc2ccc3nnc(-c4ccc(OC)cc4OC)n3n2)cc1. The second-order valence-corrected chi connectivity index (χ2v) is 8.72. The number of fused-ring (bicyclic) bond motifs is 1. The summed E-state index contributed by atoms with van der Waals surface area (Å²) in [5.41, 5.74) is 1.19. The van der Waals surface area contributed by atoms with E-state index < -0.39 is 10.0 Å². The van der Waals surface area contributed by atoms with Crippen molar-refractivity contribution in [2.45, 2.75) is 4.90 Å². The van der Waals surface area contributed by atoms with Gasteiger partial charge in [0.15, 0.2) is 11.5 Å². The van der Waals surface area contributed by atoms with Crippen LogP contribution >= 0.6 is 0 Å². The largest absolute Gasteiger partial charge is 0.497 e. The van der Waals surface area contributed by atoms with E-state index in [1.165, 1.54) is 23.8 Å². The van der Waals surface area contributed by atoms with Crippen LogP contribution in [0.3, 0.4) is 0 Å². The van der Waals surface area contributed by atoms with Crippen LogP contribution < -0.4 is 23.7 Å². The van der Waals surface area contributed by atoms with E-state index >= 15 is 0 Å². The molecule has 178 valence electrons. The van der Waals surface area contributed by atoms with Crippen molar-refractivity contribution >= 4 is 15.7 Å². The zero-order chi connectivity index (χ0) is 24.1. The third kappa shape index (κ3) is 4.87. The molecule has 1 N–H and O–H groups in total. The molecule has 11 nitrogen and oxygen atoms in total. The number of ether oxygens (including phenoxy) is 4. The number of hydrogen-bond acceptors (Lipinski definition) is 9. The summed E-state index contributed by atoms with van der Waals surface area (Å²) in [6, 6.07) is 14.8. The van der Waals surface area contributed by atoms with Gasteiger partial charge in [0.25, 0.3) is 0 Å². The molecular weight excluding hydrogens is 462 g/mol. The number of nitrogens with one attached hydrogen (secondary N) is 1. The van der Waals surface area contributed by atoms with Gasteiger partial charge >= 0.3 is 0 Å². The highest BCUT2D eigenvalue weighted by Crippen LogP contribution is 2.32. The van der Waals surface area contributed by atoms with Gasteiger partial charge < -0.3 is 18.9 Å². The zero-order valence-corrected chi connectivity index (χ0v) is 19.6. The Balaban J connectivity index is 1.45. The lowest BCUT2D eigenvalue weighted by molar-refractivity contribution is 0.306. The summed E-state index contributed by atoms with van der Waals surface area (Å²) in [7, 11) is 0.962. The van der Waals surface area contributed by atoms with Crippen molar-refractivity contribution in [3.05, 3.63) is 54.6 Å². The van der Waals surface area contributed by atoms with Crippen LogP contribution in [0.25, 0.3) is 17.0 Å². The molecule has 0 unspecified atom stereocenters. The van der Waals surface area contributed by atoms with Crippen LogP contribution in [0, 0.1) is 0 Å². The highest BCUT2D eigenvalue weighted by molar-refractivity contribution is 7.89. The molecule has 0 spiro atoms. The Kier molecular flexibility index (Phi) is 6.80. The van der Waals surface area contributed by atoms with Gasteiger partial charge in [0.2, 0.25) is 15.9 Å². The van der Waals surface area contributed by atoms with Crippen LogP contribution in [0.4, 0.5) is 0 Å². The van der Waals surface area contributed by atoms with Crippen molar-refractivity contribution in [2.75, 3.05) is 34.5 Å². The normalized spacial score (nSPS) is 11.4. The highest BCUT2D eigenvalue weighted by Gasteiger charge is 2.16. The smallest absolute Gasteiger partial charge is 0.240 e. The number of nitrogens with zero attached hydrogens (tertiary/aromatic N) is 4. The van der Waals surface area contributed by atoms with Crippen molar-refractivity contribution in [1.82, 2.24) is 24.5 Å². The topological polar surface area (TPSA) is 126 Å². The van der Waals surface area contributed by atoms with Crippen molar-refractivity contribution in [2.24, 2.45) is 0 Å². The molecule has 0 aliphatic heterocycles. The fraction of sp³-hybridized carbons (Fsp3) is 0.227. The minimum Gasteiger partial charge on any atom is -0.497 e. The van der Waals surface area contributed by atoms with Crippen LogP contribution in [-0.4, -0.2) is 62.7 Å². The van der Waals surface area contributed by atoms with Gasteiger partial charge in [-0.1, -0.05) is 0 Å².